The molecule has 21 heavy (non-hydrogen) atoms. The maximum atomic E-state index is 12.4. The Bertz CT molecular complexity index is 790. The lowest BCUT2D eigenvalue weighted by Gasteiger charge is -2.17. The van der Waals surface area contributed by atoms with Crippen LogP contribution in [0.1, 0.15) is 29.5 Å². The largest absolute Gasteiger partial charge is 0.282 e. The molecule has 0 saturated heterocycles. The summed E-state index contributed by atoms with van der Waals surface area (Å²) in [5, 5.41) is 0. The van der Waals surface area contributed by atoms with E-state index in [1.54, 1.807) is 24.3 Å². The molecule has 0 saturated carbocycles. The van der Waals surface area contributed by atoms with E-state index in [0.717, 1.165) is 24.0 Å². The standard InChI is InChI=1S/C17H17NO2S/c1-13-9-11-15(12-10-13)21(19,20)18-17-8-4-6-14-5-2-3-7-16(14)17/h2-3,5,7,9-12H,4,6,8H2,1H3/b18-17+. The first-order valence-electron chi connectivity index (χ1n) is 7.05. The number of aryl methyl sites for hydroxylation is 2. The lowest BCUT2D eigenvalue weighted by atomic mass is 9.90. The van der Waals surface area contributed by atoms with E-state index in [4.69, 9.17) is 0 Å². The zero-order valence-electron chi connectivity index (χ0n) is 11.9. The van der Waals surface area contributed by atoms with Gasteiger partial charge in [0, 0.05) is 0 Å². The van der Waals surface area contributed by atoms with Crippen molar-refractivity contribution in [1.29, 1.82) is 0 Å². The van der Waals surface area contributed by atoms with Gasteiger partial charge in [-0.25, -0.2) is 0 Å². The van der Waals surface area contributed by atoms with Crippen molar-refractivity contribution in [2.24, 2.45) is 4.40 Å². The first kappa shape index (κ1) is 14.0. The minimum absolute atomic E-state index is 0.253. The molecule has 108 valence electrons. The maximum Gasteiger partial charge on any atom is 0.282 e. The maximum absolute atomic E-state index is 12.4. The Morgan fingerprint density at radius 3 is 2.43 bits per heavy atom. The molecule has 3 rings (SSSR count). The molecular weight excluding hydrogens is 282 g/mol. The van der Waals surface area contributed by atoms with Crippen molar-refractivity contribution in [1.82, 2.24) is 0 Å². The van der Waals surface area contributed by atoms with E-state index in [9.17, 15) is 8.42 Å². The monoisotopic (exact) mass is 299 g/mol. The third-order valence-electron chi connectivity index (χ3n) is 3.74. The van der Waals surface area contributed by atoms with Gasteiger partial charge in [0.2, 0.25) is 0 Å². The number of nitrogens with zero attached hydrogens (tertiary/aromatic N) is 1. The van der Waals surface area contributed by atoms with E-state index in [-0.39, 0.29) is 4.90 Å². The molecule has 0 aromatic heterocycles. The Morgan fingerprint density at radius 2 is 1.67 bits per heavy atom. The fraction of sp³-hybridized carbons (Fsp3) is 0.235. The molecule has 3 nitrogen and oxygen atoms in total. The predicted molar refractivity (Wildman–Crippen MR) is 84.3 cm³/mol. The zero-order valence-corrected chi connectivity index (χ0v) is 12.7. The molecule has 0 unspecified atom stereocenters. The minimum atomic E-state index is -3.63. The summed E-state index contributed by atoms with van der Waals surface area (Å²) >= 11 is 0. The Balaban J connectivity index is 2.04. The number of sulfonamides is 1. The number of benzene rings is 2. The van der Waals surface area contributed by atoms with E-state index in [1.165, 1.54) is 5.56 Å². The second-order valence-electron chi connectivity index (χ2n) is 5.34. The summed E-state index contributed by atoms with van der Waals surface area (Å²) < 4.78 is 29.0. The summed E-state index contributed by atoms with van der Waals surface area (Å²) in [5.41, 5.74) is 3.86. The average molecular weight is 299 g/mol. The highest BCUT2D eigenvalue weighted by Gasteiger charge is 2.19. The van der Waals surface area contributed by atoms with Crippen LogP contribution in [0.15, 0.2) is 57.8 Å². The van der Waals surface area contributed by atoms with Gasteiger partial charge in [0.25, 0.3) is 10.0 Å². The number of rotatable bonds is 2. The highest BCUT2D eigenvalue weighted by atomic mass is 32.2. The van der Waals surface area contributed by atoms with Crippen LogP contribution in [0, 0.1) is 6.92 Å². The normalized spacial score (nSPS) is 16.7. The van der Waals surface area contributed by atoms with Crippen molar-refractivity contribution in [2.45, 2.75) is 31.1 Å². The third kappa shape index (κ3) is 2.90. The van der Waals surface area contributed by atoms with E-state index in [2.05, 4.69) is 4.40 Å². The van der Waals surface area contributed by atoms with Crippen molar-refractivity contribution < 1.29 is 8.42 Å². The summed E-state index contributed by atoms with van der Waals surface area (Å²) in [6.07, 6.45) is 2.64. The van der Waals surface area contributed by atoms with Crippen molar-refractivity contribution in [3.05, 3.63) is 65.2 Å². The number of hydrogen-bond acceptors (Lipinski definition) is 2. The summed E-state index contributed by atoms with van der Waals surface area (Å²) in [4.78, 5) is 0.253. The first-order valence-corrected chi connectivity index (χ1v) is 8.49. The van der Waals surface area contributed by atoms with Gasteiger partial charge in [-0.05, 0) is 49.4 Å². The average Bonchev–Trinajstić information content (AvgIpc) is 2.48. The molecule has 2 aromatic carbocycles. The topological polar surface area (TPSA) is 46.5 Å². The van der Waals surface area contributed by atoms with Crippen molar-refractivity contribution in [3.63, 3.8) is 0 Å². The number of fused-ring (bicyclic) bond motifs is 1. The molecule has 0 spiro atoms. The summed E-state index contributed by atoms with van der Waals surface area (Å²) in [6.45, 7) is 1.93. The zero-order chi connectivity index (χ0) is 14.9. The Hall–Kier alpha value is -1.94. The second-order valence-corrected chi connectivity index (χ2v) is 6.94. The molecule has 1 aliphatic rings. The van der Waals surface area contributed by atoms with Gasteiger partial charge < -0.3 is 0 Å². The van der Waals surface area contributed by atoms with Crippen LogP contribution in [0.3, 0.4) is 0 Å². The second kappa shape index (κ2) is 5.45. The Kier molecular flexibility index (Phi) is 3.64. The minimum Gasteiger partial charge on any atom is -0.199 e. The van der Waals surface area contributed by atoms with Gasteiger partial charge in [-0.15, -0.1) is 0 Å². The Labute approximate surface area is 125 Å². The van der Waals surface area contributed by atoms with Crippen molar-refractivity contribution in [2.75, 3.05) is 0 Å². The van der Waals surface area contributed by atoms with Crippen LogP contribution < -0.4 is 0 Å². The van der Waals surface area contributed by atoms with Gasteiger partial charge in [0.15, 0.2) is 0 Å². The molecule has 0 fully saturated rings. The molecule has 1 aliphatic carbocycles. The number of hydrogen-bond donors (Lipinski definition) is 0. The van der Waals surface area contributed by atoms with Crippen molar-refractivity contribution in [3.8, 4) is 0 Å². The smallest absolute Gasteiger partial charge is 0.199 e. The van der Waals surface area contributed by atoms with Gasteiger partial charge in [-0.3, -0.25) is 0 Å². The van der Waals surface area contributed by atoms with Crippen LogP contribution in [0.25, 0.3) is 0 Å². The molecule has 0 amide bonds. The van der Waals surface area contributed by atoms with E-state index < -0.39 is 10.0 Å². The van der Waals surface area contributed by atoms with E-state index in [0.29, 0.717) is 12.1 Å². The van der Waals surface area contributed by atoms with Crippen LogP contribution in [0.5, 0.6) is 0 Å². The van der Waals surface area contributed by atoms with Crippen LogP contribution in [0.4, 0.5) is 0 Å². The van der Waals surface area contributed by atoms with Gasteiger partial charge in [-0.2, -0.15) is 12.8 Å². The molecule has 0 radical (unpaired) electrons. The molecule has 0 atom stereocenters. The SMILES string of the molecule is Cc1ccc(S(=O)(=O)/N=C2\CCCc3ccccc32)cc1. The van der Waals surface area contributed by atoms with Gasteiger partial charge in [-0.1, -0.05) is 42.0 Å². The van der Waals surface area contributed by atoms with E-state index >= 15 is 0 Å². The molecular formula is C17H17NO2S. The van der Waals surface area contributed by atoms with Crippen LogP contribution in [-0.2, 0) is 16.4 Å². The lowest BCUT2D eigenvalue weighted by molar-refractivity contribution is 0.597. The van der Waals surface area contributed by atoms with Crippen LogP contribution >= 0.6 is 0 Å². The fourth-order valence-corrected chi connectivity index (χ4v) is 3.67. The molecule has 2 aromatic rings. The van der Waals surface area contributed by atoms with Crippen LogP contribution in [-0.4, -0.2) is 14.1 Å². The lowest BCUT2D eigenvalue weighted by Crippen LogP contribution is -2.14. The van der Waals surface area contributed by atoms with Gasteiger partial charge >= 0.3 is 0 Å². The summed E-state index contributed by atoms with van der Waals surface area (Å²) in [5.74, 6) is 0. The Morgan fingerprint density at radius 1 is 0.952 bits per heavy atom. The quantitative estimate of drug-likeness (QED) is 0.852. The molecule has 0 aliphatic heterocycles. The van der Waals surface area contributed by atoms with E-state index in [1.807, 2.05) is 31.2 Å². The first-order chi connectivity index (χ1) is 10.1. The summed E-state index contributed by atoms with van der Waals surface area (Å²) in [7, 11) is -3.63. The highest BCUT2D eigenvalue weighted by molar-refractivity contribution is 7.90. The third-order valence-corrected chi connectivity index (χ3v) is 5.07. The fourth-order valence-electron chi connectivity index (χ4n) is 2.60. The van der Waals surface area contributed by atoms with Gasteiger partial charge in [0.1, 0.15) is 0 Å². The molecule has 0 bridgehead atoms. The highest BCUT2D eigenvalue weighted by Crippen LogP contribution is 2.23. The molecule has 0 heterocycles. The summed E-state index contributed by atoms with van der Waals surface area (Å²) in [6, 6.07) is 14.7. The predicted octanol–water partition coefficient (Wildman–Crippen LogP) is 3.51. The molecule has 0 N–H and O–H groups in total. The molecule has 4 heteroatoms. The van der Waals surface area contributed by atoms with Gasteiger partial charge in [0.05, 0.1) is 10.6 Å². The van der Waals surface area contributed by atoms with Crippen molar-refractivity contribution >= 4 is 15.7 Å². The van der Waals surface area contributed by atoms with Crippen LogP contribution in [0.2, 0.25) is 0 Å².